The van der Waals surface area contributed by atoms with Gasteiger partial charge < -0.3 is 10.1 Å². The van der Waals surface area contributed by atoms with Crippen LogP contribution in [0, 0.1) is 0 Å². The maximum absolute atomic E-state index is 5.14. The minimum atomic E-state index is 0.854. The Kier molecular flexibility index (Phi) is 5.36. The maximum atomic E-state index is 5.14. The van der Waals surface area contributed by atoms with Crippen molar-refractivity contribution >= 4 is 11.3 Å². The Labute approximate surface area is 118 Å². The monoisotopic (exact) mass is 276 g/mol. The topological polar surface area (TPSA) is 34.2 Å². The molecule has 3 nitrogen and oxygen atoms in total. The van der Waals surface area contributed by atoms with Crippen LogP contribution in [0.25, 0.3) is 0 Å². The highest BCUT2D eigenvalue weighted by Crippen LogP contribution is 2.12. The van der Waals surface area contributed by atoms with Crippen molar-refractivity contribution in [3.63, 3.8) is 0 Å². The van der Waals surface area contributed by atoms with E-state index in [1.807, 2.05) is 12.1 Å². The van der Waals surface area contributed by atoms with E-state index in [1.54, 1.807) is 18.4 Å². The van der Waals surface area contributed by atoms with Gasteiger partial charge in [-0.2, -0.15) is 0 Å². The predicted octanol–water partition coefficient (Wildman–Crippen LogP) is 3.05. The van der Waals surface area contributed by atoms with Crippen molar-refractivity contribution in [1.82, 2.24) is 10.3 Å². The number of thiazole rings is 1. The molecule has 2 aromatic rings. The molecule has 0 unspecified atom stereocenters. The third-order valence-electron chi connectivity index (χ3n) is 2.96. The van der Waals surface area contributed by atoms with Gasteiger partial charge in [0.15, 0.2) is 0 Å². The fourth-order valence-corrected chi connectivity index (χ4v) is 2.58. The van der Waals surface area contributed by atoms with Crippen LogP contribution >= 0.6 is 11.3 Å². The van der Waals surface area contributed by atoms with Crippen LogP contribution in [0.1, 0.15) is 23.2 Å². The van der Waals surface area contributed by atoms with E-state index in [2.05, 4.69) is 34.7 Å². The molecule has 0 atom stereocenters. The third kappa shape index (κ3) is 4.33. The summed E-state index contributed by atoms with van der Waals surface area (Å²) in [5, 5.41) is 6.78. The molecule has 0 saturated carbocycles. The van der Waals surface area contributed by atoms with Gasteiger partial charge in [-0.15, -0.1) is 11.3 Å². The lowest BCUT2D eigenvalue weighted by Crippen LogP contribution is -2.16. The summed E-state index contributed by atoms with van der Waals surface area (Å²) in [6.45, 7) is 3.96. The number of aryl methyl sites for hydroxylation is 1. The molecule has 0 aliphatic carbocycles. The smallest absolute Gasteiger partial charge is 0.118 e. The second kappa shape index (κ2) is 7.26. The van der Waals surface area contributed by atoms with Gasteiger partial charge in [-0.05, 0) is 37.1 Å². The summed E-state index contributed by atoms with van der Waals surface area (Å²) in [4.78, 5) is 4.54. The van der Waals surface area contributed by atoms with Gasteiger partial charge >= 0.3 is 0 Å². The van der Waals surface area contributed by atoms with E-state index in [4.69, 9.17) is 4.74 Å². The number of benzene rings is 1. The normalized spacial score (nSPS) is 10.6. The number of hydrogen-bond acceptors (Lipinski definition) is 4. The highest BCUT2D eigenvalue weighted by atomic mass is 32.1. The first-order valence-corrected chi connectivity index (χ1v) is 7.46. The Balaban J connectivity index is 1.71. The summed E-state index contributed by atoms with van der Waals surface area (Å²) in [6.07, 6.45) is 2.05. The van der Waals surface area contributed by atoms with E-state index >= 15 is 0 Å². The molecule has 0 aliphatic heterocycles. The zero-order valence-corrected chi connectivity index (χ0v) is 12.3. The average Bonchev–Trinajstić information content (AvgIpc) is 2.92. The second-order valence-corrected chi connectivity index (χ2v) is 5.30. The summed E-state index contributed by atoms with van der Waals surface area (Å²) in [5.74, 6) is 0.909. The Hall–Kier alpha value is -1.39. The molecule has 4 heteroatoms. The van der Waals surface area contributed by atoms with Crippen LogP contribution in [0.5, 0.6) is 5.75 Å². The molecule has 0 aliphatic rings. The molecule has 0 radical (unpaired) electrons. The van der Waals surface area contributed by atoms with Crippen molar-refractivity contribution in [2.24, 2.45) is 0 Å². The Morgan fingerprint density at radius 2 is 2.05 bits per heavy atom. The number of nitrogens with zero attached hydrogens (tertiary/aromatic N) is 1. The van der Waals surface area contributed by atoms with Gasteiger partial charge in [0, 0.05) is 11.9 Å². The van der Waals surface area contributed by atoms with E-state index in [1.165, 1.54) is 10.6 Å². The highest BCUT2D eigenvalue weighted by molar-refractivity contribution is 7.09. The standard InChI is InChI=1S/C15H20N2OS/c1-3-15-17-13(11-19-15)10-16-9-8-12-4-6-14(18-2)7-5-12/h4-7,11,16H,3,8-10H2,1-2H3. The van der Waals surface area contributed by atoms with Crippen molar-refractivity contribution < 1.29 is 4.74 Å². The predicted molar refractivity (Wildman–Crippen MR) is 79.9 cm³/mol. The van der Waals surface area contributed by atoms with Gasteiger partial charge in [0.05, 0.1) is 17.8 Å². The van der Waals surface area contributed by atoms with Gasteiger partial charge in [0.1, 0.15) is 5.75 Å². The molecule has 0 saturated heterocycles. The van der Waals surface area contributed by atoms with Gasteiger partial charge in [-0.1, -0.05) is 19.1 Å². The fraction of sp³-hybridized carbons (Fsp3) is 0.400. The Bertz CT molecular complexity index is 493. The first-order chi connectivity index (χ1) is 9.31. The van der Waals surface area contributed by atoms with E-state index in [0.29, 0.717) is 0 Å². The molecule has 1 N–H and O–H groups in total. The number of methoxy groups -OCH3 is 1. The molecular weight excluding hydrogens is 256 g/mol. The van der Waals surface area contributed by atoms with Crippen LogP contribution in [0.3, 0.4) is 0 Å². The molecule has 1 aromatic carbocycles. The maximum Gasteiger partial charge on any atom is 0.118 e. The van der Waals surface area contributed by atoms with Crippen LogP contribution in [-0.2, 0) is 19.4 Å². The lowest BCUT2D eigenvalue weighted by Gasteiger charge is -2.04. The van der Waals surface area contributed by atoms with Gasteiger partial charge in [0.2, 0.25) is 0 Å². The van der Waals surface area contributed by atoms with Crippen LogP contribution in [0.15, 0.2) is 29.6 Å². The number of aromatic nitrogens is 1. The molecule has 0 bridgehead atoms. The van der Waals surface area contributed by atoms with Gasteiger partial charge in [-0.25, -0.2) is 4.98 Å². The zero-order valence-electron chi connectivity index (χ0n) is 11.5. The van der Waals surface area contributed by atoms with Crippen molar-refractivity contribution in [2.45, 2.75) is 26.3 Å². The summed E-state index contributed by atoms with van der Waals surface area (Å²) in [5.41, 5.74) is 2.47. The number of nitrogens with one attached hydrogen (secondary N) is 1. The molecule has 0 spiro atoms. The largest absolute Gasteiger partial charge is 0.497 e. The van der Waals surface area contributed by atoms with Crippen molar-refractivity contribution in [1.29, 1.82) is 0 Å². The van der Waals surface area contributed by atoms with Crippen molar-refractivity contribution in [2.75, 3.05) is 13.7 Å². The molecule has 102 valence electrons. The van der Waals surface area contributed by atoms with Crippen LogP contribution in [0.4, 0.5) is 0 Å². The first kappa shape index (κ1) is 14.0. The van der Waals surface area contributed by atoms with Crippen molar-refractivity contribution in [3.8, 4) is 5.75 Å². The number of rotatable bonds is 7. The molecule has 2 rings (SSSR count). The number of ether oxygens (including phenoxy) is 1. The second-order valence-electron chi connectivity index (χ2n) is 4.36. The van der Waals surface area contributed by atoms with Gasteiger partial charge in [-0.3, -0.25) is 0 Å². The summed E-state index contributed by atoms with van der Waals surface area (Å²) >= 11 is 1.74. The quantitative estimate of drug-likeness (QED) is 0.789. The van der Waals surface area contributed by atoms with E-state index in [9.17, 15) is 0 Å². The fourth-order valence-electron chi connectivity index (χ4n) is 1.83. The summed E-state index contributed by atoms with van der Waals surface area (Å²) < 4.78 is 5.14. The molecular formula is C15H20N2OS. The van der Waals surface area contributed by atoms with E-state index in [-0.39, 0.29) is 0 Å². The molecule has 0 amide bonds. The summed E-state index contributed by atoms with van der Waals surface area (Å²) in [6, 6.07) is 8.23. The average molecular weight is 276 g/mol. The lowest BCUT2D eigenvalue weighted by molar-refractivity contribution is 0.414. The Morgan fingerprint density at radius 3 is 2.68 bits per heavy atom. The molecule has 1 aromatic heterocycles. The minimum absolute atomic E-state index is 0.854. The summed E-state index contributed by atoms with van der Waals surface area (Å²) in [7, 11) is 1.69. The first-order valence-electron chi connectivity index (χ1n) is 6.58. The molecule has 0 fully saturated rings. The van der Waals surface area contributed by atoms with E-state index < -0.39 is 0 Å². The third-order valence-corrected chi connectivity index (χ3v) is 4.00. The zero-order chi connectivity index (χ0) is 13.5. The highest BCUT2D eigenvalue weighted by Gasteiger charge is 2.00. The number of hydrogen-bond donors (Lipinski definition) is 1. The Morgan fingerprint density at radius 1 is 1.26 bits per heavy atom. The van der Waals surface area contributed by atoms with Gasteiger partial charge in [0.25, 0.3) is 0 Å². The van der Waals surface area contributed by atoms with Crippen LogP contribution in [0.2, 0.25) is 0 Å². The molecule has 19 heavy (non-hydrogen) atoms. The minimum Gasteiger partial charge on any atom is -0.497 e. The van der Waals surface area contributed by atoms with Crippen molar-refractivity contribution in [3.05, 3.63) is 45.9 Å². The molecule has 1 heterocycles. The van der Waals surface area contributed by atoms with Crippen LogP contribution < -0.4 is 10.1 Å². The lowest BCUT2D eigenvalue weighted by atomic mass is 10.1. The van der Waals surface area contributed by atoms with Crippen LogP contribution in [-0.4, -0.2) is 18.6 Å². The SMILES string of the molecule is CCc1nc(CNCCc2ccc(OC)cc2)cs1. The van der Waals surface area contributed by atoms with E-state index in [0.717, 1.165) is 37.4 Å².